The molecule has 2 aromatic rings. The van der Waals surface area contributed by atoms with Gasteiger partial charge >= 0.3 is 5.97 Å². The number of H-pyrrole nitrogens is 1. The van der Waals surface area contributed by atoms with Gasteiger partial charge in [-0.05, 0) is 6.07 Å². The molecule has 0 fully saturated rings. The smallest absolute Gasteiger partial charge is 0.374 e. The molecule has 0 saturated carbocycles. The molecular formula is C9H6ClFN2O2. The average molecular weight is 229 g/mol. The first-order chi connectivity index (χ1) is 7.11. The summed E-state index contributed by atoms with van der Waals surface area (Å²) in [5.41, 5.74) is 0.819. The summed E-state index contributed by atoms with van der Waals surface area (Å²) in [6.07, 6.45) is 0. The highest BCUT2D eigenvalue weighted by Gasteiger charge is 2.13. The fourth-order valence-corrected chi connectivity index (χ4v) is 1.36. The number of methoxy groups -OCH3 is 1. The summed E-state index contributed by atoms with van der Waals surface area (Å²) in [5.74, 6) is -1.15. The predicted octanol–water partition coefficient (Wildman–Crippen LogP) is 2.14. The highest BCUT2D eigenvalue weighted by atomic mass is 35.5. The van der Waals surface area contributed by atoms with Crippen molar-refractivity contribution in [3.8, 4) is 0 Å². The van der Waals surface area contributed by atoms with Gasteiger partial charge in [0.05, 0.1) is 23.2 Å². The zero-order valence-corrected chi connectivity index (χ0v) is 8.43. The number of ether oxygens (including phenoxy) is 1. The van der Waals surface area contributed by atoms with Gasteiger partial charge < -0.3 is 9.72 Å². The molecule has 0 spiro atoms. The lowest BCUT2D eigenvalue weighted by Gasteiger charge is -1.91. The Labute approximate surface area is 89.0 Å². The van der Waals surface area contributed by atoms with E-state index in [1.165, 1.54) is 19.2 Å². The maximum Gasteiger partial charge on any atom is 0.374 e. The molecule has 0 unspecified atom stereocenters. The van der Waals surface area contributed by atoms with E-state index in [0.29, 0.717) is 11.0 Å². The maximum absolute atomic E-state index is 13.0. The van der Waals surface area contributed by atoms with E-state index < -0.39 is 11.8 Å². The van der Waals surface area contributed by atoms with Gasteiger partial charge in [0.25, 0.3) is 0 Å². The molecule has 0 atom stereocenters. The van der Waals surface area contributed by atoms with Gasteiger partial charge in [-0.2, -0.15) is 0 Å². The molecule has 0 aliphatic carbocycles. The summed E-state index contributed by atoms with van der Waals surface area (Å²) >= 11 is 5.57. The first-order valence-electron chi connectivity index (χ1n) is 4.05. The van der Waals surface area contributed by atoms with Crippen LogP contribution in [0.2, 0.25) is 5.02 Å². The topological polar surface area (TPSA) is 55.0 Å². The van der Waals surface area contributed by atoms with E-state index in [0.717, 1.165) is 0 Å². The minimum absolute atomic E-state index is 0.0224. The number of aromatic amines is 1. The number of carbonyl (C=O) groups excluding carboxylic acids is 1. The SMILES string of the molecule is COC(=O)c1nc2cc(Cl)c(F)cc2[nH]1. The Kier molecular flexibility index (Phi) is 2.32. The average Bonchev–Trinajstić information content (AvgIpc) is 2.60. The number of nitrogens with one attached hydrogen (secondary N) is 1. The van der Waals surface area contributed by atoms with E-state index in [2.05, 4.69) is 14.7 Å². The molecule has 0 saturated heterocycles. The van der Waals surface area contributed by atoms with Crippen molar-refractivity contribution in [2.45, 2.75) is 0 Å². The molecule has 1 aromatic carbocycles. The first-order valence-corrected chi connectivity index (χ1v) is 4.42. The van der Waals surface area contributed by atoms with Crippen LogP contribution in [0.4, 0.5) is 4.39 Å². The molecule has 15 heavy (non-hydrogen) atoms. The predicted molar refractivity (Wildman–Crippen MR) is 52.4 cm³/mol. The first kappa shape index (κ1) is 9.92. The van der Waals surface area contributed by atoms with Gasteiger partial charge in [-0.15, -0.1) is 0 Å². The summed E-state index contributed by atoms with van der Waals surface area (Å²) < 4.78 is 17.5. The number of aromatic nitrogens is 2. The van der Waals surface area contributed by atoms with Crippen LogP contribution in [-0.2, 0) is 4.74 Å². The zero-order valence-electron chi connectivity index (χ0n) is 7.67. The molecule has 4 nitrogen and oxygen atoms in total. The second kappa shape index (κ2) is 3.51. The van der Waals surface area contributed by atoms with Gasteiger partial charge in [-0.25, -0.2) is 14.2 Å². The number of esters is 1. The minimum atomic E-state index is -0.609. The van der Waals surface area contributed by atoms with Gasteiger partial charge in [-0.1, -0.05) is 11.6 Å². The molecule has 78 valence electrons. The number of hydrogen-bond donors (Lipinski definition) is 1. The summed E-state index contributed by atoms with van der Waals surface area (Å²) in [5, 5.41) is -0.0367. The van der Waals surface area contributed by atoms with E-state index in [-0.39, 0.29) is 10.8 Å². The maximum atomic E-state index is 13.0. The number of hydrogen-bond acceptors (Lipinski definition) is 3. The molecule has 6 heteroatoms. The number of rotatable bonds is 1. The third kappa shape index (κ3) is 1.66. The molecule has 0 radical (unpaired) electrons. The van der Waals surface area contributed by atoms with Crippen LogP contribution < -0.4 is 0 Å². The third-order valence-electron chi connectivity index (χ3n) is 1.90. The Hall–Kier alpha value is -1.62. The molecule has 0 aliphatic rings. The van der Waals surface area contributed by atoms with Crippen LogP contribution in [0.25, 0.3) is 11.0 Å². The van der Waals surface area contributed by atoms with Crippen LogP contribution in [-0.4, -0.2) is 23.0 Å². The zero-order chi connectivity index (χ0) is 11.0. The van der Waals surface area contributed by atoms with Gasteiger partial charge in [0.1, 0.15) is 5.82 Å². The van der Waals surface area contributed by atoms with Crippen LogP contribution >= 0.6 is 11.6 Å². The molecule has 1 heterocycles. The lowest BCUT2D eigenvalue weighted by molar-refractivity contribution is 0.0588. The van der Waals surface area contributed by atoms with Crippen molar-refractivity contribution in [3.63, 3.8) is 0 Å². The highest BCUT2D eigenvalue weighted by molar-refractivity contribution is 6.31. The summed E-state index contributed by atoms with van der Waals surface area (Å²) in [6, 6.07) is 2.52. The number of imidazole rings is 1. The minimum Gasteiger partial charge on any atom is -0.463 e. The van der Waals surface area contributed by atoms with Crippen molar-refractivity contribution in [2.24, 2.45) is 0 Å². The molecule has 0 aliphatic heterocycles. The van der Waals surface area contributed by atoms with E-state index in [1.54, 1.807) is 0 Å². The molecule has 2 rings (SSSR count). The molecule has 1 N–H and O–H groups in total. The number of fused-ring (bicyclic) bond motifs is 1. The number of nitrogens with zero attached hydrogens (tertiary/aromatic N) is 1. The second-order valence-electron chi connectivity index (χ2n) is 2.86. The van der Waals surface area contributed by atoms with Crippen molar-refractivity contribution in [3.05, 3.63) is 28.8 Å². The van der Waals surface area contributed by atoms with E-state index >= 15 is 0 Å². The monoisotopic (exact) mass is 228 g/mol. The lowest BCUT2D eigenvalue weighted by Crippen LogP contribution is -2.02. The van der Waals surface area contributed by atoms with E-state index in [4.69, 9.17) is 11.6 Å². The van der Waals surface area contributed by atoms with Crippen molar-refractivity contribution >= 4 is 28.6 Å². The molecule has 0 amide bonds. The number of benzene rings is 1. The van der Waals surface area contributed by atoms with Gasteiger partial charge in [0.2, 0.25) is 5.82 Å². The Balaban J connectivity index is 2.61. The standard InChI is InChI=1S/C9H6ClFN2O2/c1-15-9(14)8-12-6-2-4(10)5(11)3-7(6)13-8/h2-3H,1H3,(H,12,13). The van der Waals surface area contributed by atoms with Crippen molar-refractivity contribution in [1.29, 1.82) is 0 Å². The molecular weight excluding hydrogens is 223 g/mol. The van der Waals surface area contributed by atoms with Gasteiger partial charge in [0.15, 0.2) is 0 Å². The van der Waals surface area contributed by atoms with E-state index in [9.17, 15) is 9.18 Å². The largest absolute Gasteiger partial charge is 0.463 e. The Morgan fingerprint density at radius 3 is 3.00 bits per heavy atom. The highest BCUT2D eigenvalue weighted by Crippen LogP contribution is 2.21. The summed E-state index contributed by atoms with van der Waals surface area (Å²) in [4.78, 5) is 17.6. The van der Waals surface area contributed by atoms with Crippen LogP contribution in [0.1, 0.15) is 10.6 Å². The van der Waals surface area contributed by atoms with Crippen LogP contribution in [0, 0.1) is 5.82 Å². The summed E-state index contributed by atoms with van der Waals surface area (Å²) in [6.45, 7) is 0. The Morgan fingerprint density at radius 1 is 1.60 bits per heavy atom. The second-order valence-corrected chi connectivity index (χ2v) is 3.27. The number of halogens is 2. The van der Waals surface area contributed by atoms with Crippen LogP contribution in [0.3, 0.4) is 0 Å². The van der Waals surface area contributed by atoms with Crippen LogP contribution in [0.15, 0.2) is 12.1 Å². The molecule has 1 aromatic heterocycles. The fourth-order valence-electron chi connectivity index (χ4n) is 1.20. The van der Waals surface area contributed by atoms with Crippen molar-refractivity contribution < 1.29 is 13.9 Å². The van der Waals surface area contributed by atoms with Crippen molar-refractivity contribution in [1.82, 2.24) is 9.97 Å². The van der Waals surface area contributed by atoms with Gasteiger partial charge in [0, 0.05) is 6.07 Å². The number of carbonyl (C=O) groups is 1. The lowest BCUT2D eigenvalue weighted by atomic mass is 10.3. The Morgan fingerprint density at radius 2 is 2.33 bits per heavy atom. The van der Waals surface area contributed by atoms with Gasteiger partial charge in [-0.3, -0.25) is 0 Å². The van der Waals surface area contributed by atoms with E-state index in [1.807, 2.05) is 0 Å². The Bertz CT molecular complexity index is 499. The quantitative estimate of drug-likeness (QED) is 0.761. The fraction of sp³-hybridized carbons (Fsp3) is 0.111. The normalized spacial score (nSPS) is 10.6. The van der Waals surface area contributed by atoms with Crippen molar-refractivity contribution in [2.75, 3.05) is 7.11 Å². The summed E-state index contributed by atoms with van der Waals surface area (Å²) in [7, 11) is 1.24. The van der Waals surface area contributed by atoms with Crippen LogP contribution in [0.5, 0.6) is 0 Å². The third-order valence-corrected chi connectivity index (χ3v) is 2.19. The molecule has 0 bridgehead atoms.